The van der Waals surface area contributed by atoms with Gasteiger partial charge in [0.05, 0.1) is 5.75 Å². The van der Waals surface area contributed by atoms with Crippen LogP contribution in [0.1, 0.15) is 12.0 Å². The Balaban J connectivity index is 1.39. The lowest BCUT2D eigenvalue weighted by Gasteiger charge is -2.33. The fourth-order valence-electron chi connectivity index (χ4n) is 3.06. The van der Waals surface area contributed by atoms with E-state index >= 15 is 0 Å². The first-order valence-electron chi connectivity index (χ1n) is 9.35. The first kappa shape index (κ1) is 20.2. The maximum atomic E-state index is 12.5. The second kappa shape index (κ2) is 9.61. The van der Waals surface area contributed by atoms with Crippen molar-refractivity contribution in [2.45, 2.75) is 12.8 Å². The second-order valence-corrected chi connectivity index (χ2v) is 8.67. The zero-order valence-electron chi connectivity index (χ0n) is 15.7. The highest BCUT2D eigenvalue weighted by Gasteiger charge is 2.27. The number of aryl methyl sites for hydroxylation is 1. The Morgan fingerprint density at radius 2 is 1.68 bits per heavy atom. The van der Waals surface area contributed by atoms with E-state index in [1.165, 1.54) is 4.31 Å². The molecule has 1 aromatic carbocycles. The number of piperazine rings is 1. The van der Waals surface area contributed by atoms with Gasteiger partial charge in [0.1, 0.15) is 0 Å². The van der Waals surface area contributed by atoms with Crippen molar-refractivity contribution in [1.82, 2.24) is 19.6 Å². The number of hydrogen-bond acceptors (Lipinski definition) is 6. The van der Waals surface area contributed by atoms with E-state index in [-0.39, 0.29) is 18.2 Å². The van der Waals surface area contributed by atoms with Crippen molar-refractivity contribution in [1.29, 1.82) is 0 Å². The standard InChI is InChI=1S/C19H25N5O3S/c25-18(8-7-17-5-2-1-3-6-17)20-11-16-28(26,27)24-14-12-23(13-15-24)19-21-9-4-10-22-19/h1-6,9-10H,7-8,11-16H2,(H,20,25). The van der Waals surface area contributed by atoms with Gasteiger partial charge < -0.3 is 10.2 Å². The molecule has 28 heavy (non-hydrogen) atoms. The number of rotatable bonds is 8. The van der Waals surface area contributed by atoms with E-state index in [1.807, 2.05) is 35.2 Å². The molecule has 0 saturated carbocycles. The molecule has 8 nitrogen and oxygen atoms in total. The van der Waals surface area contributed by atoms with Crippen LogP contribution in [0.15, 0.2) is 48.8 Å². The summed E-state index contributed by atoms with van der Waals surface area (Å²) < 4.78 is 26.5. The fraction of sp³-hybridized carbons (Fsp3) is 0.421. The summed E-state index contributed by atoms with van der Waals surface area (Å²) in [6.07, 6.45) is 4.33. The average molecular weight is 404 g/mol. The lowest BCUT2D eigenvalue weighted by Crippen LogP contribution is -2.50. The number of anilines is 1. The van der Waals surface area contributed by atoms with Crippen LogP contribution in [0.25, 0.3) is 0 Å². The number of amides is 1. The molecule has 1 saturated heterocycles. The summed E-state index contributed by atoms with van der Waals surface area (Å²) in [4.78, 5) is 22.3. The number of aromatic nitrogens is 2. The van der Waals surface area contributed by atoms with E-state index in [0.29, 0.717) is 45.0 Å². The van der Waals surface area contributed by atoms with Gasteiger partial charge in [-0.15, -0.1) is 0 Å². The predicted octanol–water partition coefficient (Wildman–Crippen LogP) is 0.677. The Labute approximate surface area is 165 Å². The van der Waals surface area contributed by atoms with Crippen molar-refractivity contribution < 1.29 is 13.2 Å². The van der Waals surface area contributed by atoms with Crippen molar-refractivity contribution in [2.24, 2.45) is 0 Å². The van der Waals surface area contributed by atoms with Gasteiger partial charge in [0, 0.05) is 51.5 Å². The minimum atomic E-state index is -3.40. The van der Waals surface area contributed by atoms with Crippen molar-refractivity contribution in [2.75, 3.05) is 43.4 Å². The Bertz CT molecular complexity index is 854. The lowest BCUT2D eigenvalue weighted by atomic mass is 10.1. The first-order valence-corrected chi connectivity index (χ1v) is 11.0. The highest BCUT2D eigenvalue weighted by Crippen LogP contribution is 2.12. The van der Waals surface area contributed by atoms with E-state index < -0.39 is 10.0 Å². The number of hydrogen-bond donors (Lipinski definition) is 1. The molecule has 2 heterocycles. The molecule has 0 aliphatic carbocycles. The SMILES string of the molecule is O=C(CCc1ccccc1)NCCS(=O)(=O)N1CCN(c2ncccn2)CC1. The van der Waals surface area contributed by atoms with E-state index in [0.717, 1.165) is 5.56 Å². The van der Waals surface area contributed by atoms with Crippen LogP contribution in [0, 0.1) is 0 Å². The van der Waals surface area contributed by atoms with Gasteiger partial charge in [0.2, 0.25) is 21.9 Å². The van der Waals surface area contributed by atoms with Gasteiger partial charge in [-0.3, -0.25) is 4.79 Å². The molecule has 0 atom stereocenters. The minimum absolute atomic E-state index is 0.0914. The second-order valence-electron chi connectivity index (χ2n) is 6.59. The minimum Gasteiger partial charge on any atom is -0.355 e. The van der Waals surface area contributed by atoms with Gasteiger partial charge in [-0.05, 0) is 18.1 Å². The summed E-state index contributed by atoms with van der Waals surface area (Å²) in [5.74, 6) is 0.390. The fourth-order valence-corrected chi connectivity index (χ4v) is 4.40. The van der Waals surface area contributed by atoms with Crippen molar-refractivity contribution in [3.05, 3.63) is 54.4 Å². The van der Waals surface area contributed by atoms with E-state index in [9.17, 15) is 13.2 Å². The van der Waals surface area contributed by atoms with Crippen LogP contribution in [-0.2, 0) is 21.2 Å². The molecule has 0 radical (unpaired) electrons. The average Bonchev–Trinajstić information content (AvgIpc) is 2.74. The summed E-state index contributed by atoms with van der Waals surface area (Å²) in [6, 6.07) is 11.5. The van der Waals surface area contributed by atoms with Gasteiger partial charge >= 0.3 is 0 Å². The van der Waals surface area contributed by atoms with Gasteiger partial charge in [0.15, 0.2) is 0 Å². The highest BCUT2D eigenvalue weighted by atomic mass is 32.2. The molecule has 0 unspecified atom stereocenters. The van der Waals surface area contributed by atoms with Crippen LogP contribution in [0.2, 0.25) is 0 Å². The van der Waals surface area contributed by atoms with E-state index in [4.69, 9.17) is 0 Å². The number of nitrogens with one attached hydrogen (secondary N) is 1. The van der Waals surface area contributed by atoms with Crippen LogP contribution in [-0.4, -0.2) is 67.1 Å². The molecule has 1 N–H and O–H groups in total. The lowest BCUT2D eigenvalue weighted by molar-refractivity contribution is -0.120. The van der Waals surface area contributed by atoms with Crippen molar-refractivity contribution in [3.63, 3.8) is 0 Å². The maximum absolute atomic E-state index is 12.5. The number of carbonyl (C=O) groups is 1. The molecule has 1 aliphatic rings. The van der Waals surface area contributed by atoms with Crippen LogP contribution < -0.4 is 10.2 Å². The summed E-state index contributed by atoms with van der Waals surface area (Å²) in [5, 5.41) is 2.71. The molecular weight excluding hydrogens is 378 g/mol. The zero-order valence-corrected chi connectivity index (χ0v) is 16.5. The molecule has 1 aliphatic heterocycles. The molecule has 0 spiro atoms. The molecule has 1 fully saturated rings. The van der Waals surface area contributed by atoms with Crippen LogP contribution in [0.3, 0.4) is 0 Å². The number of benzene rings is 1. The molecule has 3 rings (SSSR count). The largest absolute Gasteiger partial charge is 0.355 e. The Hall–Kier alpha value is -2.52. The van der Waals surface area contributed by atoms with E-state index in [1.54, 1.807) is 18.5 Å². The zero-order chi connectivity index (χ0) is 19.8. The van der Waals surface area contributed by atoms with Gasteiger partial charge in [-0.25, -0.2) is 18.4 Å². The normalized spacial score (nSPS) is 15.4. The third-order valence-corrected chi connectivity index (χ3v) is 6.50. The summed E-state index contributed by atoms with van der Waals surface area (Å²) in [5.41, 5.74) is 1.09. The number of sulfonamides is 1. The van der Waals surface area contributed by atoms with Crippen LogP contribution in [0.5, 0.6) is 0 Å². The monoisotopic (exact) mass is 403 g/mol. The highest BCUT2D eigenvalue weighted by molar-refractivity contribution is 7.89. The number of nitrogens with zero attached hydrogens (tertiary/aromatic N) is 4. The van der Waals surface area contributed by atoms with Gasteiger partial charge in [-0.2, -0.15) is 4.31 Å². The third-order valence-electron chi connectivity index (χ3n) is 4.63. The van der Waals surface area contributed by atoms with Gasteiger partial charge in [0.25, 0.3) is 0 Å². The van der Waals surface area contributed by atoms with Gasteiger partial charge in [-0.1, -0.05) is 30.3 Å². The summed E-state index contributed by atoms with van der Waals surface area (Å²) in [7, 11) is -3.40. The molecule has 9 heteroatoms. The summed E-state index contributed by atoms with van der Waals surface area (Å²) >= 11 is 0. The molecule has 1 aromatic heterocycles. The predicted molar refractivity (Wildman–Crippen MR) is 107 cm³/mol. The van der Waals surface area contributed by atoms with Crippen molar-refractivity contribution >= 4 is 21.9 Å². The molecule has 2 aromatic rings. The molecule has 0 bridgehead atoms. The first-order chi connectivity index (χ1) is 13.5. The quantitative estimate of drug-likeness (QED) is 0.696. The summed E-state index contributed by atoms with van der Waals surface area (Å²) in [6.45, 7) is 2.00. The van der Waals surface area contributed by atoms with Crippen LogP contribution >= 0.6 is 0 Å². The molecular formula is C19H25N5O3S. The Morgan fingerprint density at radius 3 is 2.36 bits per heavy atom. The Morgan fingerprint density at radius 1 is 1.00 bits per heavy atom. The Kier molecular flexibility index (Phi) is 6.94. The smallest absolute Gasteiger partial charge is 0.225 e. The number of carbonyl (C=O) groups excluding carboxylic acids is 1. The molecule has 1 amide bonds. The van der Waals surface area contributed by atoms with Crippen LogP contribution in [0.4, 0.5) is 5.95 Å². The molecule has 150 valence electrons. The third kappa shape index (κ3) is 5.74. The van der Waals surface area contributed by atoms with Crippen molar-refractivity contribution in [3.8, 4) is 0 Å². The van der Waals surface area contributed by atoms with E-state index in [2.05, 4.69) is 15.3 Å². The topological polar surface area (TPSA) is 95.5 Å². The maximum Gasteiger partial charge on any atom is 0.225 e.